The molecule has 0 amide bonds. The van der Waals surface area contributed by atoms with Crippen molar-refractivity contribution >= 4 is 64.8 Å². The van der Waals surface area contributed by atoms with Gasteiger partial charge in [-0.25, -0.2) is 0 Å². The van der Waals surface area contributed by atoms with E-state index in [1.54, 1.807) is 0 Å². The van der Waals surface area contributed by atoms with Crippen molar-refractivity contribution < 1.29 is 0 Å². The molecular weight excluding hydrogens is 133 g/mol. The van der Waals surface area contributed by atoms with E-state index < -0.39 is 0 Å². The smallest absolute Gasteiger partial charge is 0.0533 e. The predicted octanol–water partition coefficient (Wildman–Crippen LogP) is -1.92. The Kier molecular flexibility index (Phi) is 12.1. The molecule has 0 bridgehead atoms. The van der Waals surface area contributed by atoms with Crippen LogP contribution >= 0.6 is 0 Å². The highest BCUT2D eigenvalue weighted by atomic mass is 13.2. The lowest BCUT2D eigenvalue weighted by molar-refractivity contribution is 2.10. The summed E-state index contributed by atoms with van der Waals surface area (Å²) in [5.74, 6) is 0. The van der Waals surface area contributed by atoms with Crippen molar-refractivity contribution in [3.05, 3.63) is 0 Å². The third-order valence-electron chi connectivity index (χ3n) is 1.23. The lowest BCUT2D eigenvalue weighted by Crippen LogP contribution is -2.23. The van der Waals surface area contributed by atoms with Crippen LogP contribution < -0.4 is 0 Å². The maximum absolute atomic E-state index is 5.27. The molecule has 0 heterocycles. The Hall–Kier alpha value is 0.584. The maximum atomic E-state index is 5.27. The SMILES string of the molecule is [B]C[B][B][B][B]C[B][B][B][B]C. The summed E-state index contributed by atoms with van der Waals surface area (Å²) in [6.45, 7) is 2.00. The van der Waals surface area contributed by atoms with Gasteiger partial charge in [0.1, 0.15) is 0 Å². The molecule has 0 aromatic heterocycles. The van der Waals surface area contributed by atoms with E-state index in [9.17, 15) is 0 Å². The molecule has 0 saturated carbocycles. The van der Waals surface area contributed by atoms with Crippen molar-refractivity contribution in [1.82, 2.24) is 0 Å². The van der Waals surface area contributed by atoms with Gasteiger partial charge in [0.25, 0.3) is 0 Å². The summed E-state index contributed by atoms with van der Waals surface area (Å²) in [6.07, 6.45) is 1.58. The van der Waals surface area contributed by atoms with Gasteiger partial charge in [0.2, 0.25) is 0 Å². The van der Waals surface area contributed by atoms with E-state index in [-0.39, 0.29) is 0 Å². The van der Waals surface area contributed by atoms with Crippen molar-refractivity contribution in [2.45, 2.75) is 19.3 Å². The Bertz CT molecular complexity index is 66.2. The molecule has 10 radical (unpaired) electrons. The van der Waals surface area contributed by atoms with E-state index in [4.69, 9.17) is 7.85 Å². The second-order valence-electron chi connectivity index (χ2n) is 2.28. The van der Waals surface area contributed by atoms with Crippen molar-refractivity contribution in [3.63, 3.8) is 0 Å². The van der Waals surface area contributed by atoms with Gasteiger partial charge in [0.15, 0.2) is 0 Å². The topological polar surface area (TPSA) is 0 Å². The van der Waals surface area contributed by atoms with Crippen molar-refractivity contribution in [2.24, 2.45) is 0 Å². The quantitative estimate of drug-likeness (QED) is 0.259. The number of hydrogen-bond donors (Lipinski definition) is 0. The first-order chi connectivity index (χ1) is 5.91. The fraction of sp³-hybridized carbons (Fsp3) is 1.00. The summed E-state index contributed by atoms with van der Waals surface area (Å²) in [5.41, 5.74) is 0. The van der Waals surface area contributed by atoms with Crippen LogP contribution in [0.2, 0.25) is 19.3 Å². The lowest BCUT2D eigenvalue weighted by Gasteiger charge is -1.94. The zero-order chi connectivity index (χ0) is 9.07. The molecule has 46 valence electrons. The summed E-state index contributed by atoms with van der Waals surface area (Å²) >= 11 is 0. The van der Waals surface area contributed by atoms with E-state index in [2.05, 4.69) is 14.3 Å². The molecule has 0 atom stereocenters. The Morgan fingerprint density at radius 2 is 1.50 bits per heavy atom. The minimum absolute atomic E-state index is 0.610. The zero-order valence-corrected chi connectivity index (χ0v) is 7.61. The van der Waals surface area contributed by atoms with Gasteiger partial charge in [-0.2, -0.15) is 0 Å². The second-order valence-corrected chi connectivity index (χ2v) is 2.28. The molecule has 0 spiro atoms. The lowest BCUT2D eigenvalue weighted by atomic mass is 9.02. The highest BCUT2D eigenvalue weighted by Gasteiger charge is 1.95. The van der Waals surface area contributed by atoms with Crippen molar-refractivity contribution in [2.75, 3.05) is 0 Å². The van der Waals surface area contributed by atoms with Gasteiger partial charge in [0, 0.05) is 49.8 Å². The van der Waals surface area contributed by atoms with Gasteiger partial charge in [-0.05, 0) is 0 Å². The molecule has 0 aliphatic rings. The molecule has 0 aromatic rings. The van der Waals surface area contributed by atoms with Crippen LogP contribution in [0, 0.1) is 0 Å². The van der Waals surface area contributed by atoms with Crippen LogP contribution in [0.25, 0.3) is 0 Å². The number of hydrogen-bond acceptors (Lipinski definition) is 0. The summed E-state index contributed by atoms with van der Waals surface area (Å²) in [4.78, 5) is 0. The van der Waals surface area contributed by atoms with Crippen LogP contribution in [0.3, 0.4) is 0 Å². The molecule has 9 heteroatoms. The summed E-state index contributed by atoms with van der Waals surface area (Å²) in [6, 6.07) is 0. The Balaban J connectivity index is 2.73. The van der Waals surface area contributed by atoms with E-state index in [1.165, 1.54) is 0 Å². The predicted molar refractivity (Wildman–Crippen MR) is 67.3 cm³/mol. The molecule has 0 aliphatic carbocycles. The van der Waals surface area contributed by atoms with Gasteiger partial charge in [-0.3, -0.25) is 0 Å². The van der Waals surface area contributed by atoms with Crippen LogP contribution in [-0.4, -0.2) is 64.8 Å². The molecule has 0 nitrogen and oxygen atoms in total. The van der Waals surface area contributed by atoms with E-state index >= 15 is 0 Å². The van der Waals surface area contributed by atoms with Gasteiger partial charge >= 0.3 is 0 Å². The van der Waals surface area contributed by atoms with E-state index in [1.807, 2.05) is 49.4 Å². The average Bonchev–Trinajstić information content (AvgIpc) is 2.10. The first-order valence-electron chi connectivity index (χ1n) is 4.21. The van der Waals surface area contributed by atoms with Gasteiger partial charge < -0.3 is 0 Å². The third kappa shape index (κ3) is 10.6. The average molecular weight is 140 g/mol. The summed E-state index contributed by atoms with van der Waals surface area (Å²) < 4.78 is 0. The largest absolute Gasteiger partial charge is 0.122 e. The normalized spacial score (nSPS) is 7.75. The molecule has 0 N–H and O–H groups in total. The fourth-order valence-corrected chi connectivity index (χ4v) is 0.661. The third-order valence-corrected chi connectivity index (χ3v) is 1.23. The Morgan fingerprint density at radius 1 is 0.917 bits per heavy atom. The second kappa shape index (κ2) is 11.6. The summed E-state index contributed by atoms with van der Waals surface area (Å²) in [7, 11) is 21.4. The molecule has 0 unspecified atom stereocenters. The van der Waals surface area contributed by atoms with Crippen LogP contribution in [0.5, 0.6) is 0 Å². The zero-order valence-electron chi connectivity index (χ0n) is 7.61. The standard InChI is InChI=1S/C3H7B9/c1-5-9-11-7-3-8-12-10-6-2-4/h2-3H2,1H3. The number of rotatable bonds is 9. The van der Waals surface area contributed by atoms with Gasteiger partial charge in [0.05, 0.1) is 15.0 Å². The molecule has 0 aliphatic heterocycles. The monoisotopic (exact) mass is 142 g/mol. The van der Waals surface area contributed by atoms with Crippen LogP contribution in [0.1, 0.15) is 0 Å². The van der Waals surface area contributed by atoms with E-state index in [0.29, 0.717) is 6.22 Å². The molecule has 12 heavy (non-hydrogen) atoms. The van der Waals surface area contributed by atoms with E-state index in [0.717, 1.165) is 6.22 Å². The summed E-state index contributed by atoms with van der Waals surface area (Å²) in [5, 5.41) is 0. The van der Waals surface area contributed by atoms with Gasteiger partial charge in [-0.1, -0.05) is 0 Å². The Morgan fingerprint density at radius 3 is 2.08 bits per heavy atom. The molecular formula is C3H7B9. The van der Waals surface area contributed by atoms with Crippen molar-refractivity contribution in [3.8, 4) is 0 Å². The van der Waals surface area contributed by atoms with Crippen LogP contribution in [0.4, 0.5) is 0 Å². The van der Waals surface area contributed by atoms with Crippen LogP contribution in [0.15, 0.2) is 0 Å². The molecule has 0 saturated heterocycles. The first kappa shape index (κ1) is 12.6. The minimum Gasteiger partial charge on any atom is -0.122 e. The molecule has 0 aromatic carbocycles. The molecule has 0 fully saturated rings. The Labute approximate surface area is 84.4 Å². The van der Waals surface area contributed by atoms with Crippen molar-refractivity contribution in [1.29, 1.82) is 0 Å². The highest BCUT2D eigenvalue weighted by Crippen LogP contribution is 1.72. The highest BCUT2D eigenvalue weighted by molar-refractivity contribution is 7.48. The first-order valence-corrected chi connectivity index (χ1v) is 4.21. The molecule has 0 rings (SSSR count). The fourth-order valence-electron chi connectivity index (χ4n) is 0.661. The van der Waals surface area contributed by atoms with Crippen LogP contribution in [-0.2, 0) is 0 Å². The minimum atomic E-state index is 0.610. The maximum Gasteiger partial charge on any atom is 0.0533 e. The van der Waals surface area contributed by atoms with Gasteiger partial charge in [-0.15, -0.1) is 19.3 Å².